The van der Waals surface area contributed by atoms with Gasteiger partial charge >= 0.3 is 0 Å². The van der Waals surface area contributed by atoms with Gasteiger partial charge in [-0.1, -0.05) is 13.0 Å². The first-order chi connectivity index (χ1) is 5.72. The number of aromatic nitrogens is 1. The topological polar surface area (TPSA) is 48.1 Å². The van der Waals surface area contributed by atoms with E-state index in [4.69, 9.17) is 10.5 Å². The van der Waals surface area contributed by atoms with Gasteiger partial charge in [0.1, 0.15) is 5.82 Å². The van der Waals surface area contributed by atoms with E-state index >= 15 is 0 Å². The highest BCUT2D eigenvalue weighted by Gasteiger charge is 2.01. The Balaban J connectivity index is 2.63. The van der Waals surface area contributed by atoms with E-state index in [0.29, 0.717) is 11.7 Å². The van der Waals surface area contributed by atoms with E-state index < -0.39 is 0 Å². The smallest absolute Gasteiger partial charge is 0.215 e. The summed E-state index contributed by atoms with van der Waals surface area (Å²) in [6.45, 7) is 4.07. The molecule has 12 heavy (non-hydrogen) atoms. The Morgan fingerprint density at radius 1 is 1.58 bits per heavy atom. The van der Waals surface area contributed by atoms with Gasteiger partial charge in [-0.15, -0.1) is 0 Å². The molecule has 0 aromatic carbocycles. The molecule has 1 heterocycles. The molecule has 0 aliphatic heterocycles. The average molecular weight is 166 g/mol. The number of ether oxygens (including phenoxy) is 1. The normalized spacial score (nSPS) is 12.5. The maximum absolute atomic E-state index is 5.48. The van der Waals surface area contributed by atoms with Crippen LogP contribution in [-0.4, -0.2) is 11.1 Å². The number of anilines is 1. The minimum absolute atomic E-state index is 0.194. The summed E-state index contributed by atoms with van der Waals surface area (Å²) in [5.41, 5.74) is 5.48. The van der Waals surface area contributed by atoms with E-state index in [1.54, 1.807) is 6.07 Å². The molecule has 0 amide bonds. The summed E-state index contributed by atoms with van der Waals surface area (Å²) in [5.74, 6) is 1.10. The molecule has 1 aromatic heterocycles. The predicted molar refractivity (Wildman–Crippen MR) is 49.0 cm³/mol. The summed E-state index contributed by atoms with van der Waals surface area (Å²) >= 11 is 0. The number of nitrogens with zero attached hydrogens (tertiary/aromatic N) is 1. The Morgan fingerprint density at radius 2 is 2.33 bits per heavy atom. The van der Waals surface area contributed by atoms with Crippen LogP contribution in [0.4, 0.5) is 5.82 Å². The van der Waals surface area contributed by atoms with Crippen LogP contribution < -0.4 is 10.5 Å². The molecule has 1 aromatic rings. The molecule has 0 aliphatic carbocycles. The lowest BCUT2D eigenvalue weighted by Crippen LogP contribution is -2.10. The number of nitrogen functional groups attached to an aromatic ring is 1. The largest absolute Gasteiger partial charge is 0.475 e. The second-order valence-corrected chi connectivity index (χ2v) is 2.74. The molecular weight excluding hydrogens is 152 g/mol. The summed E-state index contributed by atoms with van der Waals surface area (Å²) in [7, 11) is 0. The summed E-state index contributed by atoms with van der Waals surface area (Å²) in [6, 6.07) is 5.38. The lowest BCUT2D eigenvalue weighted by atomic mass is 10.3. The molecule has 0 saturated heterocycles. The Hall–Kier alpha value is -1.25. The van der Waals surface area contributed by atoms with Gasteiger partial charge in [-0.2, -0.15) is 4.98 Å². The summed E-state index contributed by atoms with van der Waals surface area (Å²) in [4.78, 5) is 4.02. The van der Waals surface area contributed by atoms with Crippen molar-refractivity contribution in [1.82, 2.24) is 4.98 Å². The van der Waals surface area contributed by atoms with Gasteiger partial charge in [0.05, 0.1) is 6.10 Å². The molecule has 0 aliphatic rings. The van der Waals surface area contributed by atoms with Crippen molar-refractivity contribution in [2.75, 3.05) is 5.73 Å². The van der Waals surface area contributed by atoms with Crippen molar-refractivity contribution < 1.29 is 4.74 Å². The quantitative estimate of drug-likeness (QED) is 0.745. The van der Waals surface area contributed by atoms with Gasteiger partial charge in [0.2, 0.25) is 5.88 Å². The van der Waals surface area contributed by atoms with Crippen LogP contribution in [0, 0.1) is 0 Å². The van der Waals surface area contributed by atoms with E-state index in [-0.39, 0.29) is 6.10 Å². The maximum atomic E-state index is 5.48. The maximum Gasteiger partial charge on any atom is 0.215 e. The average Bonchev–Trinajstić information content (AvgIpc) is 2.04. The molecule has 66 valence electrons. The first kappa shape index (κ1) is 8.84. The number of nitrogens with two attached hydrogens (primary N) is 1. The fourth-order valence-corrected chi connectivity index (χ4v) is 0.786. The highest BCUT2D eigenvalue weighted by Crippen LogP contribution is 2.11. The molecule has 0 fully saturated rings. The first-order valence-corrected chi connectivity index (χ1v) is 4.11. The fourth-order valence-electron chi connectivity index (χ4n) is 0.786. The van der Waals surface area contributed by atoms with Crippen molar-refractivity contribution in [2.45, 2.75) is 26.4 Å². The predicted octanol–water partition coefficient (Wildman–Crippen LogP) is 1.84. The van der Waals surface area contributed by atoms with Crippen LogP contribution in [-0.2, 0) is 0 Å². The van der Waals surface area contributed by atoms with Gasteiger partial charge in [0, 0.05) is 6.07 Å². The number of rotatable bonds is 3. The van der Waals surface area contributed by atoms with E-state index in [1.165, 1.54) is 0 Å². The molecule has 0 saturated carbocycles. The molecule has 0 radical (unpaired) electrons. The molecule has 2 N–H and O–H groups in total. The van der Waals surface area contributed by atoms with Crippen LogP contribution in [0.25, 0.3) is 0 Å². The highest BCUT2D eigenvalue weighted by atomic mass is 16.5. The van der Waals surface area contributed by atoms with Crippen LogP contribution in [0.3, 0.4) is 0 Å². The fraction of sp³-hybridized carbons (Fsp3) is 0.444. The summed E-state index contributed by atoms with van der Waals surface area (Å²) < 4.78 is 5.45. The van der Waals surface area contributed by atoms with Crippen LogP contribution >= 0.6 is 0 Å². The second-order valence-electron chi connectivity index (χ2n) is 2.74. The zero-order valence-electron chi connectivity index (χ0n) is 7.45. The van der Waals surface area contributed by atoms with Gasteiger partial charge in [-0.05, 0) is 19.4 Å². The first-order valence-electron chi connectivity index (χ1n) is 4.11. The zero-order valence-corrected chi connectivity index (χ0v) is 7.45. The van der Waals surface area contributed by atoms with E-state index in [0.717, 1.165) is 6.42 Å². The molecule has 1 rings (SSSR count). The minimum Gasteiger partial charge on any atom is -0.475 e. The van der Waals surface area contributed by atoms with Crippen molar-refractivity contribution >= 4 is 5.82 Å². The lowest BCUT2D eigenvalue weighted by Gasteiger charge is -2.10. The van der Waals surface area contributed by atoms with Crippen LogP contribution in [0.2, 0.25) is 0 Å². The number of hydrogen-bond acceptors (Lipinski definition) is 3. The SMILES string of the molecule is CCC(C)Oc1cccc(N)n1. The Labute approximate surface area is 72.6 Å². The van der Waals surface area contributed by atoms with Crippen LogP contribution in [0.15, 0.2) is 18.2 Å². The summed E-state index contributed by atoms with van der Waals surface area (Å²) in [5, 5.41) is 0. The summed E-state index contributed by atoms with van der Waals surface area (Å²) in [6.07, 6.45) is 1.16. The Morgan fingerprint density at radius 3 is 2.92 bits per heavy atom. The third-order valence-electron chi connectivity index (χ3n) is 1.64. The molecule has 0 spiro atoms. The molecule has 1 unspecified atom stereocenters. The minimum atomic E-state index is 0.194. The van der Waals surface area contributed by atoms with Gasteiger partial charge < -0.3 is 10.5 Å². The van der Waals surface area contributed by atoms with Gasteiger partial charge in [0.15, 0.2) is 0 Å². The van der Waals surface area contributed by atoms with Gasteiger partial charge in [0.25, 0.3) is 0 Å². The van der Waals surface area contributed by atoms with E-state index in [1.807, 2.05) is 19.1 Å². The second kappa shape index (κ2) is 3.95. The van der Waals surface area contributed by atoms with E-state index in [2.05, 4.69) is 11.9 Å². The number of hydrogen-bond donors (Lipinski definition) is 1. The standard InChI is InChI=1S/C9H14N2O/c1-3-7(2)12-9-6-4-5-8(10)11-9/h4-7H,3H2,1-2H3,(H2,10,11). The molecular formula is C9H14N2O. The van der Waals surface area contributed by atoms with E-state index in [9.17, 15) is 0 Å². The van der Waals surface area contributed by atoms with Crippen LogP contribution in [0.5, 0.6) is 5.88 Å². The lowest BCUT2D eigenvalue weighted by molar-refractivity contribution is 0.209. The zero-order chi connectivity index (χ0) is 8.97. The van der Waals surface area contributed by atoms with Crippen LogP contribution in [0.1, 0.15) is 20.3 Å². The third kappa shape index (κ3) is 2.42. The monoisotopic (exact) mass is 166 g/mol. The molecule has 3 heteroatoms. The van der Waals surface area contributed by atoms with Gasteiger partial charge in [-0.25, -0.2) is 0 Å². The van der Waals surface area contributed by atoms with Crippen molar-refractivity contribution in [3.05, 3.63) is 18.2 Å². The molecule has 0 bridgehead atoms. The van der Waals surface area contributed by atoms with Crippen molar-refractivity contribution in [1.29, 1.82) is 0 Å². The van der Waals surface area contributed by atoms with Gasteiger partial charge in [-0.3, -0.25) is 0 Å². The van der Waals surface area contributed by atoms with Crippen molar-refractivity contribution in [2.24, 2.45) is 0 Å². The number of pyridine rings is 1. The highest BCUT2D eigenvalue weighted by molar-refractivity contribution is 5.31. The molecule has 1 atom stereocenters. The third-order valence-corrected chi connectivity index (χ3v) is 1.64. The van der Waals surface area contributed by atoms with Crippen molar-refractivity contribution in [3.8, 4) is 5.88 Å². The molecule has 3 nitrogen and oxygen atoms in total. The Kier molecular flexibility index (Phi) is 2.91. The Bertz CT molecular complexity index is 250. The van der Waals surface area contributed by atoms with Crippen molar-refractivity contribution in [3.63, 3.8) is 0 Å².